The quantitative estimate of drug-likeness (QED) is 0.199. The van der Waals surface area contributed by atoms with Gasteiger partial charge in [-0.3, -0.25) is 4.79 Å². The van der Waals surface area contributed by atoms with E-state index in [1.807, 2.05) is 30.3 Å². The van der Waals surface area contributed by atoms with E-state index >= 15 is 0 Å². The normalized spacial score (nSPS) is 14.5. The standard InChI is InChI=1S/C35H40N4O2/c1-25-13-17-28(18-14-25)32-33(29-19-15-26(2)16-20-29)38-35-34(37-32)30(40)21-23-39(35)22-9-4-3-8-12-31(41)36-24-27-10-6-5-7-11-27/h5-7,10-11,13-20,30,40H,3-4,8-9,12,21-24H2,1-2H3,(H,36,41). The molecule has 1 aliphatic rings. The molecule has 6 nitrogen and oxygen atoms in total. The van der Waals surface area contributed by atoms with Gasteiger partial charge in [0.1, 0.15) is 11.8 Å². The molecule has 1 aromatic heterocycles. The zero-order valence-corrected chi connectivity index (χ0v) is 24.1. The van der Waals surface area contributed by atoms with Gasteiger partial charge in [-0.1, -0.05) is 103 Å². The number of aromatic nitrogens is 2. The number of nitrogens with one attached hydrogen (secondary N) is 1. The number of carbonyl (C=O) groups is 1. The van der Waals surface area contributed by atoms with Crippen LogP contribution in [0.25, 0.3) is 22.5 Å². The molecule has 212 valence electrons. The second-order valence-electron chi connectivity index (χ2n) is 11.1. The fraction of sp³-hybridized carbons (Fsp3) is 0.343. The van der Waals surface area contributed by atoms with Crippen LogP contribution in [-0.2, 0) is 11.3 Å². The Morgan fingerprint density at radius 1 is 0.829 bits per heavy atom. The van der Waals surface area contributed by atoms with Crippen LogP contribution in [0.1, 0.15) is 67.0 Å². The van der Waals surface area contributed by atoms with Crippen LogP contribution in [0.5, 0.6) is 0 Å². The first kappa shape index (κ1) is 28.5. The maximum atomic E-state index is 12.2. The van der Waals surface area contributed by atoms with Gasteiger partial charge >= 0.3 is 0 Å². The number of amides is 1. The summed E-state index contributed by atoms with van der Waals surface area (Å²) in [6.45, 7) is 6.34. The van der Waals surface area contributed by atoms with Crippen LogP contribution < -0.4 is 10.2 Å². The predicted molar refractivity (Wildman–Crippen MR) is 166 cm³/mol. The van der Waals surface area contributed by atoms with Gasteiger partial charge in [-0.15, -0.1) is 0 Å². The first-order chi connectivity index (χ1) is 20.0. The third-order valence-corrected chi connectivity index (χ3v) is 7.76. The van der Waals surface area contributed by atoms with Crippen molar-refractivity contribution in [2.75, 3.05) is 18.0 Å². The average molecular weight is 549 g/mol. The van der Waals surface area contributed by atoms with Gasteiger partial charge in [-0.2, -0.15) is 0 Å². The maximum Gasteiger partial charge on any atom is 0.220 e. The SMILES string of the molecule is Cc1ccc(-c2nc3c(nc2-c2ccc(C)cc2)N(CCCCCCC(=O)NCc2ccccc2)CCC3O)cc1. The van der Waals surface area contributed by atoms with Gasteiger partial charge < -0.3 is 15.3 Å². The Morgan fingerprint density at radius 3 is 2.10 bits per heavy atom. The van der Waals surface area contributed by atoms with Crippen molar-refractivity contribution in [1.29, 1.82) is 0 Å². The highest BCUT2D eigenvalue weighted by Crippen LogP contribution is 2.38. The molecule has 1 atom stereocenters. The Morgan fingerprint density at radius 2 is 1.44 bits per heavy atom. The molecular weight excluding hydrogens is 508 g/mol. The molecule has 2 heterocycles. The number of hydrogen-bond acceptors (Lipinski definition) is 5. The van der Waals surface area contributed by atoms with Crippen molar-refractivity contribution < 1.29 is 9.90 Å². The Bertz CT molecular complexity index is 1440. The van der Waals surface area contributed by atoms with Crippen molar-refractivity contribution in [3.8, 4) is 22.5 Å². The number of nitrogens with zero attached hydrogens (tertiary/aromatic N) is 3. The van der Waals surface area contributed by atoms with E-state index in [4.69, 9.17) is 9.97 Å². The van der Waals surface area contributed by atoms with Crippen LogP contribution in [0.2, 0.25) is 0 Å². The number of fused-ring (bicyclic) bond motifs is 1. The largest absolute Gasteiger partial charge is 0.387 e. The average Bonchev–Trinajstić information content (AvgIpc) is 3.00. The molecule has 41 heavy (non-hydrogen) atoms. The Balaban J connectivity index is 1.23. The highest BCUT2D eigenvalue weighted by molar-refractivity contribution is 5.80. The zero-order valence-electron chi connectivity index (χ0n) is 24.1. The van der Waals surface area contributed by atoms with Crippen LogP contribution in [0.4, 0.5) is 5.82 Å². The minimum atomic E-state index is -0.626. The van der Waals surface area contributed by atoms with E-state index in [1.165, 1.54) is 11.1 Å². The predicted octanol–water partition coefficient (Wildman–Crippen LogP) is 6.94. The summed E-state index contributed by atoms with van der Waals surface area (Å²) in [4.78, 5) is 24.7. The van der Waals surface area contributed by atoms with E-state index < -0.39 is 6.10 Å². The summed E-state index contributed by atoms with van der Waals surface area (Å²) in [5.74, 6) is 0.895. The number of benzene rings is 3. The van der Waals surface area contributed by atoms with Crippen molar-refractivity contribution in [3.63, 3.8) is 0 Å². The van der Waals surface area contributed by atoms with E-state index in [2.05, 4.69) is 72.6 Å². The van der Waals surface area contributed by atoms with Gasteiger partial charge in [0.05, 0.1) is 11.4 Å². The van der Waals surface area contributed by atoms with Crippen molar-refractivity contribution in [3.05, 3.63) is 101 Å². The highest BCUT2D eigenvalue weighted by Gasteiger charge is 2.29. The maximum absolute atomic E-state index is 12.2. The van der Waals surface area contributed by atoms with Gasteiger partial charge in [0.15, 0.2) is 5.82 Å². The number of anilines is 1. The topological polar surface area (TPSA) is 78.4 Å². The van der Waals surface area contributed by atoms with Crippen molar-refractivity contribution >= 4 is 11.7 Å². The molecule has 0 aliphatic carbocycles. The molecule has 0 fully saturated rings. The number of unbranched alkanes of at least 4 members (excludes halogenated alkanes) is 3. The molecule has 5 rings (SSSR count). The number of aliphatic hydroxyl groups excluding tert-OH is 1. The van der Waals surface area contributed by atoms with Crippen molar-refractivity contribution in [2.24, 2.45) is 0 Å². The fourth-order valence-corrected chi connectivity index (χ4v) is 5.29. The van der Waals surface area contributed by atoms with Crippen molar-refractivity contribution in [1.82, 2.24) is 15.3 Å². The lowest BCUT2D eigenvalue weighted by molar-refractivity contribution is -0.121. The molecule has 4 aromatic rings. The number of carbonyl (C=O) groups excluding carboxylic acids is 1. The fourth-order valence-electron chi connectivity index (χ4n) is 5.29. The summed E-state index contributed by atoms with van der Waals surface area (Å²) >= 11 is 0. The third-order valence-electron chi connectivity index (χ3n) is 7.76. The van der Waals surface area contributed by atoms with Crippen LogP contribution in [0, 0.1) is 13.8 Å². The Hall–Kier alpha value is -4.03. The number of rotatable bonds is 11. The first-order valence-electron chi connectivity index (χ1n) is 14.8. The van der Waals surface area contributed by atoms with E-state index in [0.717, 1.165) is 72.7 Å². The lowest BCUT2D eigenvalue weighted by atomic mass is 10.00. The van der Waals surface area contributed by atoms with Crippen LogP contribution >= 0.6 is 0 Å². The van der Waals surface area contributed by atoms with Crippen LogP contribution in [-0.4, -0.2) is 34.1 Å². The summed E-state index contributed by atoms with van der Waals surface area (Å²) in [6, 6.07) is 26.7. The highest BCUT2D eigenvalue weighted by atomic mass is 16.3. The molecule has 1 aliphatic heterocycles. The summed E-state index contributed by atoms with van der Waals surface area (Å²) in [5.41, 5.74) is 7.83. The molecular formula is C35H40N4O2. The van der Waals surface area contributed by atoms with Gasteiger partial charge in [-0.05, 0) is 38.7 Å². The first-order valence-corrected chi connectivity index (χ1v) is 14.8. The van der Waals surface area contributed by atoms with E-state index in [1.54, 1.807) is 0 Å². The molecule has 3 aromatic carbocycles. The summed E-state index contributed by atoms with van der Waals surface area (Å²) in [7, 11) is 0. The Labute approximate surface area is 243 Å². The molecule has 0 saturated heterocycles. The minimum absolute atomic E-state index is 0.107. The number of hydrogen-bond donors (Lipinski definition) is 2. The van der Waals surface area contributed by atoms with Crippen LogP contribution in [0.3, 0.4) is 0 Å². The smallest absolute Gasteiger partial charge is 0.220 e. The molecule has 1 unspecified atom stereocenters. The van der Waals surface area contributed by atoms with Crippen molar-refractivity contribution in [2.45, 2.75) is 65.0 Å². The summed E-state index contributed by atoms with van der Waals surface area (Å²) < 4.78 is 0. The molecule has 0 saturated carbocycles. The zero-order chi connectivity index (χ0) is 28.6. The third kappa shape index (κ3) is 7.39. The van der Waals surface area contributed by atoms with Crippen LogP contribution in [0.15, 0.2) is 78.9 Å². The molecule has 0 spiro atoms. The second-order valence-corrected chi connectivity index (χ2v) is 11.1. The van der Waals surface area contributed by atoms with Gasteiger partial charge in [0, 0.05) is 37.2 Å². The van der Waals surface area contributed by atoms with E-state index in [9.17, 15) is 9.90 Å². The molecule has 0 radical (unpaired) electrons. The van der Waals surface area contributed by atoms with E-state index in [0.29, 0.717) is 25.1 Å². The second kappa shape index (κ2) is 13.6. The lowest BCUT2D eigenvalue weighted by Crippen LogP contribution is -2.34. The van der Waals surface area contributed by atoms with Gasteiger partial charge in [-0.25, -0.2) is 9.97 Å². The van der Waals surface area contributed by atoms with E-state index in [-0.39, 0.29) is 5.91 Å². The van der Waals surface area contributed by atoms with Gasteiger partial charge in [0.2, 0.25) is 5.91 Å². The molecule has 6 heteroatoms. The number of aliphatic hydroxyl groups is 1. The summed E-state index contributed by atoms with van der Waals surface area (Å²) in [5, 5.41) is 13.9. The monoisotopic (exact) mass is 548 g/mol. The minimum Gasteiger partial charge on any atom is -0.387 e. The number of aryl methyl sites for hydroxylation is 2. The Kier molecular flexibility index (Phi) is 9.42. The summed E-state index contributed by atoms with van der Waals surface area (Å²) in [6.07, 6.45) is 4.50. The molecule has 0 bridgehead atoms. The molecule has 1 amide bonds. The van der Waals surface area contributed by atoms with Gasteiger partial charge in [0.25, 0.3) is 0 Å². The lowest BCUT2D eigenvalue weighted by Gasteiger charge is -2.33. The molecule has 2 N–H and O–H groups in total.